The fourth-order valence-electron chi connectivity index (χ4n) is 2.56. The molecule has 1 aromatic rings. The molecule has 0 aliphatic heterocycles. The van der Waals surface area contributed by atoms with Crippen molar-refractivity contribution in [1.29, 1.82) is 0 Å². The molecule has 0 aromatic carbocycles. The standard InChI is InChI=1S/C13H22N4OS/c1-8(2)7-11-16-13(19-17-11)15-10-6-4-3-5-9(10)12(14)18/h8-10H,3-7H2,1-2H3,(H2,14,18)(H,15,16,17). The summed E-state index contributed by atoms with van der Waals surface area (Å²) in [6, 6.07) is 0.117. The summed E-state index contributed by atoms with van der Waals surface area (Å²) in [5, 5.41) is 4.16. The molecule has 0 radical (unpaired) electrons. The van der Waals surface area contributed by atoms with Crippen molar-refractivity contribution in [2.24, 2.45) is 17.6 Å². The first-order valence-corrected chi connectivity index (χ1v) is 7.72. The van der Waals surface area contributed by atoms with Crippen LogP contribution in [0.2, 0.25) is 0 Å². The van der Waals surface area contributed by atoms with Crippen LogP contribution in [0.25, 0.3) is 0 Å². The van der Waals surface area contributed by atoms with Gasteiger partial charge in [0, 0.05) is 24.0 Å². The van der Waals surface area contributed by atoms with Gasteiger partial charge in [0.05, 0.1) is 5.92 Å². The van der Waals surface area contributed by atoms with Gasteiger partial charge in [0.1, 0.15) is 5.82 Å². The highest BCUT2D eigenvalue weighted by Crippen LogP contribution is 2.27. The average molecular weight is 282 g/mol. The van der Waals surface area contributed by atoms with E-state index in [1.165, 1.54) is 11.5 Å². The minimum absolute atomic E-state index is 0.0776. The van der Waals surface area contributed by atoms with Crippen LogP contribution in [0.3, 0.4) is 0 Å². The first-order chi connectivity index (χ1) is 9.06. The van der Waals surface area contributed by atoms with E-state index < -0.39 is 0 Å². The number of nitrogens with zero attached hydrogens (tertiary/aromatic N) is 2. The van der Waals surface area contributed by atoms with Gasteiger partial charge in [0.15, 0.2) is 0 Å². The van der Waals surface area contributed by atoms with Crippen LogP contribution < -0.4 is 11.1 Å². The highest BCUT2D eigenvalue weighted by atomic mass is 32.1. The van der Waals surface area contributed by atoms with Crippen LogP contribution in [-0.4, -0.2) is 21.3 Å². The summed E-state index contributed by atoms with van der Waals surface area (Å²) >= 11 is 1.37. The van der Waals surface area contributed by atoms with Crippen molar-refractivity contribution in [3.8, 4) is 0 Å². The van der Waals surface area contributed by atoms with Crippen molar-refractivity contribution >= 4 is 22.6 Å². The third-order valence-electron chi connectivity index (χ3n) is 3.50. The molecule has 1 heterocycles. The number of nitrogens with two attached hydrogens (primary N) is 1. The number of carbonyl (C=O) groups is 1. The Labute approximate surface area is 118 Å². The Hall–Kier alpha value is -1.17. The number of hydrogen-bond acceptors (Lipinski definition) is 5. The van der Waals surface area contributed by atoms with Crippen LogP contribution in [0.4, 0.5) is 5.13 Å². The van der Waals surface area contributed by atoms with E-state index in [0.29, 0.717) is 5.92 Å². The third-order valence-corrected chi connectivity index (χ3v) is 4.18. The van der Waals surface area contributed by atoms with Crippen LogP contribution in [0, 0.1) is 11.8 Å². The van der Waals surface area contributed by atoms with Gasteiger partial charge < -0.3 is 11.1 Å². The number of aromatic nitrogens is 2. The Kier molecular flexibility index (Phi) is 4.74. The van der Waals surface area contributed by atoms with Crippen molar-refractivity contribution in [2.75, 3.05) is 5.32 Å². The Balaban J connectivity index is 1.98. The van der Waals surface area contributed by atoms with Crippen molar-refractivity contribution in [3.63, 3.8) is 0 Å². The summed E-state index contributed by atoms with van der Waals surface area (Å²) < 4.78 is 4.34. The fourth-order valence-corrected chi connectivity index (χ4v) is 3.22. The maximum absolute atomic E-state index is 11.5. The molecule has 0 spiro atoms. The topological polar surface area (TPSA) is 80.9 Å². The summed E-state index contributed by atoms with van der Waals surface area (Å²) in [6.07, 6.45) is 4.97. The Bertz CT molecular complexity index is 432. The third kappa shape index (κ3) is 3.89. The maximum atomic E-state index is 11.5. The molecule has 0 bridgehead atoms. The summed E-state index contributed by atoms with van der Waals surface area (Å²) in [5.74, 6) is 1.15. The van der Waals surface area contributed by atoms with Gasteiger partial charge in [-0.05, 0) is 18.8 Å². The molecule has 19 heavy (non-hydrogen) atoms. The molecule has 0 saturated heterocycles. The molecule has 1 fully saturated rings. The normalized spacial score (nSPS) is 23.5. The lowest BCUT2D eigenvalue weighted by Crippen LogP contribution is -2.40. The van der Waals surface area contributed by atoms with Gasteiger partial charge in [-0.3, -0.25) is 4.79 Å². The second-order valence-corrected chi connectivity index (χ2v) is 6.41. The van der Waals surface area contributed by atoms with Gasteiger partial charge in [0.2, 0.25) is 11.0 Å². The van der Waals surface area contributed by atoms with E-state index >= 15 is 0 Å². The lowest BCUT2D eigenvalue weighted by atomic mass is 9.84. The smallest absolute Gasteiger partial charge is 0.222 e. The number of primary amides is 1. The van der Waals surface area contributed by atoms with E-state index in [-0.39, 0.29) is 17.9 Å². The van der Waals surface area contributed by atoms with Gasteiger partial charge in [-0.2, -0.15) is 4.37 Å². The Morgan fingerprint density at radius 2 is 2.21 bits per heavy atom. The largest absolute Gasteiger partial charge is 0.369 e. The first-order valence-electron chi connectivity index (χ1n) is 6.94. The number of rotatable bonds is 5. The molecule has 2 rings (SSSR count). The molecule has 5 nitrogen and oxygen atoms in total. The van der Waals surface area contributed by atoms with Crippen LogP contribution in [0.1, 0.15) is 45.4 Å². The van der Waals surface area contributed by atoms with Gasteiger partial charge in [-0.1, -0.05) is 26.7 Å². The fraction of sp³-hybridized carbons (Fsp3) is 0.769. The highest BCUT2D eigenvalue weighted by Gasteiger charge is 2.29. The van der Waals surface area contributed by atoms with Crippen molar-refractivity contribution in [2.45, 2.75) is 52.0 Å². The van der Waals surface area contributed by atoms with Crippen LogP contribution in [-0.2, 0) is 11.2 Å². The zero-order chi connectivity index (χ0) is 13.8. The number of hydrogen-bond donors (Lipinski definition) is 2. The molecule has 106 valence electrons. The summed E-state index contributed by atoms with van der Waals surface area (Å²) in [5.41, 5.74) is 5.47. The molecule has 1 aromatic heterocycles. The predicted octanol–water partition coefficient (Wildman–Crippen LogP) is 2.19. The Morgan fingerprint density at radius 3 is 2.89 bits per heavy atom. The maximum Gasteiger partial charge on any atom is 0.222 e. The number of carbonyl (C=O) groups excluding carboxylic acids is 1. The molecular weight excluding hydrogens is 260 g/mol. The average Bonchev–Trinajstić information content (AvgIpc) is 2.76. The lowest BCUT2D eigenvalue weighted by Gasteiger charge is -2.29. The van der Waals surface area contributed by atoms with Crippen molar-refractivity contribution in [3.05, 3.63) is 5.82 Å². The molecule has 1 aliphatic carbocycles. The quantitative estimate of drug-likeness (QED) is 0.867. The van der Waals surface area contributed by atoms with Crippen molar-refractivity contribution < 1.29 is 4.79 Å². The van der Waals surface area contributed by atoms with E-state index in [4.69, 9.17) is 5.73 Å². The number of nitrogens with one attached hydrogen (secondary N) is 1. The molecule has 1 amide bonds. The summed E-state index contributed by atoms with van der Waals surface area (Å²) in [4.78, 5) is 15.9. The predicted molar refractivity (Wildman–Crippen MR) is 77.0 cm³/mol. The van der Waals surface area contributed by atoms with E-state index in [2.05, 4.69) is 28.5 Å². The molecule has 2 unspecified atom stereocenters. The van der Waals surface area contributed by atoms with E-state index in [1.54, 1.807) is 0 Å². The van der Waals surface area contributed by atoms with E-state index in [1.807, 2.05) is 0 Å². The van der Waals surface area contributed by atoms with Crippen LogP contribution in [0.15, 0.2) is 0 Å². The zero-order valence-electron chi connectivity index (χ0n) is 11.6. The second-order valence-electron chi connectivity index (χ2n) is 5.66. The molecule has 6 heteroatoms. The number of anilines is 1. The van der Waals surface area contributed by atoms with E-state index in [9.17, 15) is 4.79 Å². The highest BCUT2D eigenvalue weighted by molar-refractivity contribution is 7.09. The zero-order valence-corrected chi connectivity index (χ0v) is 12.4. The number of amides is 1. The Morgan fingerprint density at radius 1 is 1.47 bits per heavy atom. The second kappa shape index (κ2) is 6.32. The molecule has 2 atom stereocenters. The van der Waals surface area contributed by atoms with Gasteiger partial charge in [0.25, 0.3) is 0 Å². The monoisotopic (exact) mass is 282 g/mol. The van der Waals surface area contributed by atoms with Gasteiger partial charge >= 0.3 is 0 Å². The van der Waals surface area contributed by atoms with Gasteiger partial charge in [-0.15, -0.1) is 0 Å². The van der Waals surface area contributed by atoms with Crippen LogP contribution >= 0.6 is 11.5 Å². The first kappa shape index (κ1) is 14.2. The minimum atomic E-state index is -0.205. The van der Waals surface area contributed by atoms with Crippen molar-refractivity contribution in [1.82, 2.24) is 9.36 Å². The SMILES string of the molecule is CC(C)Cc1nsc(NC2CCCCC2C(N)=O)n1. The molecular formula is C13H22N4OS. The minimum Gasteiger partial charge on any atom is -0.369 e. The van der Waals surface area contributed by atoms with Gasteiger partial charge in [-0.25, -0.2) is 4.98 Å². The summed E-state index contributed by atoms with van der Waals surface area (Å²) in [7, 11) is 0. The lowest BCUT2D eigenvalue weighted by molar-refractivity contribution is -0.122. The molecule has 3 N–H and O–H groups in total. The van der Waals surface area contributed by atoms with E-state index in [0.717, 1.165) is 43.1 Å². The molecule has 1 aliphatic rings. The van der Waals surface area contributed by atoms with Crippen LogP contribution in [0.5, 0.6) is 0 Å². The molecule has 1 saturated carbocycles. The summed E-state index contributed by atoms with van der Waals surface area (Å²) in [6.45, 7) is 4.30.